The van der Waals surface area contributed by atoms with E-state index in [0.29, 0.717) is 5.41 Å². The van der Waals surface area contributed by atoms with Gasteiger partial charge in [0.2, 0.25) is 0 Å². The van der Waals surface area contributed by atoms with Gasteiger partial charge in [0.25, 0.3) is 0 Å². The SMILES string of the molecule is Cc1cc(CBr)ccc1N1CCC2(CCCC2)C1. The Morgan fingerprint density at radius 1 is 1.22 bits per heavy atom. The molecule has 0 bridgehead atoms. The normalized spacial score (nSPS) is 22.0. The van der Waals surface area contributed by atoms with Crippen molar-refractivity contribution in [3.05, 3.63) is 29.3 Å². The standard InChI is InChI=1S/C16H22BrN/c1-13-10-14(11-17)4-5-15(13)18-9-8-16(12-18)6-2-3-7-16/h4-5,10H,2-3,6-9,11-12H2,1H3. The quantitative estimate of drug-likeness (QED) is 0.718. The van der Waals surface area contributed by atoms with E-state index >= 15 is 0 Å². The molecule has 1 aromatic rings. The Bertz CT molecular complexity index is 435. The van der Waals surface area contributed by atoms with Crippen LogP contribution in [0.3, 0.4) is 0 Å². The zero-order chi connectivity index (χ0) is 12.6. The smallest absolute Gasteiger partial charge is 0.0396 e. The molecule has 2 fully saturated rings. The minimum Gasteiger partial charge on any atom is -0.371 e. The molecule has 1 aliphatic carbocycles. The first kappa shape index (κ1) is 12.5. The summed E-state index contributed by atoms with van der Waals surface area (Å²) in [7, 11) is 0. The van der Waals surface area contributed by atoms with Crippen molar-refractivity contribution in [3.63, 3.8) is 0 Å². The van der Waals surface area contributed by atoms with E-state index in [2.05, 4.69) is 46.0 Å². The zero-order valence-electron chi connectivity index (χ0n) is 11.2. The lowest BCUT2D eigenvalue weighted by molar-refractivity contribution is 0.341. The summed E-state index contributed by atoms with van der Waals surface area (Å²) in [5.41, 5.74) is 4.94. The van der Waals surface area contributed by atoms with Crippen LogP contribution in [0.15, 0.2) is 18.2 Å². The second-order valence-electron chi connectivity index (χ2n) is 6.13. The summed E-state index contributed by atoms with van der Waals surface area (Å²) in [5.74, 6) is 0. The summed E-state index contributed by atoms with van der Waals surface area (Å²) in [6.07, 6.45) is 7.24. The van der Waals surface area contributed by atoms with E-state index in [-0.39, 0.29) is 0 Å². The van der Waals surface area contributed by atoms with Crippen LogP contribution in [-0.2, 0) is 5.33 Å². The summed E-state index contributed by atoms with van der Waals surface area (Å²) >= 11 is 3.53. The average molecular weight is 308 g/mol. The lowest BCUT2D eigenvalue weighted by atomic mass is 9.86. The van der Waals surface area contributed by atoms with Crippen molar-refractivity contribution in [1.29, 1.82) is 0 Å². The molecule has 0 amide bonds. The van der Waals surface area contributed by atoms with E-state index in [1.165, 1.54) is 62.0 Å². The third-order valence-corrected chi connectivity index (χ3v) is 5.51. The molecular weight excluding hydrogens is 286 g/mol. The molecule has 1 spiro atoms. The molecule has 0 radical (unpaired) electrons. The van der Waals surface area contributed by atoms with Crippen molar-refractivity contribution < 1.29 is 0 Å². The van der Waals surface area contributed by atoms with Crippen LogP contribution in [0.5, 0.6) is 0 Å². The number of alkyl halides is 1. The third-order valence-electron chi connectivity index (χ3n) is 4.86. The number of anilines is 1. The number of benzene rings is 1. The highest BCUT2D eigenvalue weighted by molar-refractivity contribution is 9.08. The first-order valence-electron chi connectivity index (χ1n) is 7.13. The molecule has 1 nitrogen and oxygen atoms in total. The Hall–Kier alpha value is -0.500. The summed E-state index contributed by atoms with van der Waals surface area (Å²) in [6.45, 7) is 4.80. The second-order valence-corrected chi connectivity index (χ2v) is 6.69. The average Bonchev–Trinajstić information content (AvgIpc) is 3.00. The zero-order valence-corrected chi connectivity index (χ0v) is 12.8. The van der Waals surface area contributed by atoms with E-state index in [0.717, 1.165) is 5.33 Å². The molecule has 2 aliphatic rings. The third kappa shape index (κ3) is 2.20. The number of aryl methyl sites for hydroxylation is 1. The molecule has 0 N–H and O–H groups in total. The molecule has 1 saturated carbocycles. The fourth-order valence-electron chi connectivity index (χ4n) is 3.83. The van der Waals surface area contributed by atoms with Crippen LogP contribution in [0, 0.1) is 12.3 Å². The molecule has 0 atom stereocenters. The molecule has 1 aliphatic heterocycles. The molecule has 2 heteroatoms. The summed E-state index contributed by atoms with van der Waals surface area (Å²) in [6, 6.07) is 6.90. The molecule has 0 unspecified atom stereocenters. The van der Waals surface area contributed by atoms with E-state index in [1.807, 2.05) is 0 Å². The predicted molar refractivity (Wildman–Crippen MR) is 81.5 cm³/mol. The highest BCUT2D eigenvalue weighted by Gasteiger charge is 2.40. The number of nitrogens with zero attached hydrogens (tertiary/aromatic N) is 1. The van der Waals surface area contributed by atoms with Crippen LogP contribution >= 0.6 is 15.9 Å². The summed E-state index contributed by atoms with van der Waals surface area (Å²) in [5, 5.41) is 0.956. The Kier molecular flexibility index (Phi) is 3.40. The maximum atomic E-state index is 3.53. The summed E-state index contributed by atoms with van der Waals surface area (Å²) in [4.78, 5) is 2.62. The van der Waals surface area contributed by atoms with Gasteiger partial charge in [-0.2, -0.15) is 0 Å². The molecule has 18 heavy (non-hydrogen) atoms. The van der Waals surface area contributed by atoms with Gasteiger partial charge in [0.1, 0.15) is 0 Å². The van der Waals surface area contributed by atoms with Gasteiger partial charge in [-0.15, -0.1) is 0 Å². The first-order chi connectivity index (χ1) is 8.72. The van der Waals surface area contributed by atoms with Crippen LogP contribution in [0.2, 0.25) is 0 Å². The largest absolute Gasteiger partial charge is 0.371 e. The van der Waals surface area contributed by atoms with Crippen molar-refractivity contribution in [1.82, 2.24) is 0 Å². The van der Waals surface area contributed by atoms with Crippen molar-refractivity contribution in [3.8, 4) is 0 Å². The first-order valence-corrected chi connectivity index (χ1v) is 8.25. The molecule has 0 aromatic heterocycles. The molecule has 98 valence electrons. The Morgan fingerprint density at radius 2 is 2.00 bits per heavy atom. The van der Waals surface area contributed by atoms with Crippen molar-refractivity contribution in [2.45, 2.75) is 44.4 Å². The van der Waals surface area contributed by atoms with Crippen LogP contribution in [0.1, 0.15) is 43.2 Å². The number of rotatable bonds is 2. The van der Waals surface area contributed by atoms with Crippen LogP contribution < -0.4 is 4.90 Å². The number of hydrogen-bond donors (Lipinski definition) is 0. The Labute approximate surface area is 119 Å². The molecule has 1 heterocycles. The molecule has 1 aromatic carbocycles. The van der Waals surface area contributed by atoms with Gasteiger partial charge in [0.15, 0.2) is 0 Å². The van der Waals surface area contributed by atoms with Gasteiger partial charge in [-0.05, 0) is 48.8 Å². The number of hydrogen-bond acceptors (Lipinski definition) is 1. The van der Waals surface area contributed by atoms with E-state index in [4.69, 9.17) is 0 Å². The molecule has 1 saturated heterocycles. The fourth-order valence-corrected chi connectivity index (χ4v) is 4.18. The maximum absolute atomic E-state index is 3.53. The van der Waals surface area contributed by atoms with Gasteiger partial charge in [0.05, 0.1) is 0 Å². The second kappa shape index (κ2) is 4.88. The van der Waals surface area contributed by atoms with E-state index < -0.39 is 0 Å². The highest BCUT2D eigenvalue weighted by atomic mass is 79.9. The predicted octanol–water partition coefficient (Wildman–Crippen LogP) is 4.66. The number of halogens is 1. The Balaban J connectivity index is 1.80. The highest BCUT2D eigenvalue weighted by Crippen LogP contribution is 2.46. The van der Waals surface area contributed by atoms with Crippen molar-refractivity contribution in [2.75, 3.05) is 18.0 Å². The van der Waals surface area contributed by atoms with Crippen molar-refractivity contribution in [2.24, 2.45) is 5.41 Å². The van der Waals surface area contributed by atoms with Crippen LogP contribution in [0.4, 0.5) is 5.69 Å². The Morgan fingerprint density at radius 3 is 2.67 bits per heavy atom. The topological polar surface area (TPSA) is 3.24 Å². The van der Waals surface area contributed by atoms with Gasteiger partial charge in [-0.3, -0.25) is 0 Å². The van der Waals surface area contributed by atoms with E-state index in [1.54, 1.807) is 0 Å². The lowest BCUT2D eigenvalue weighted by Crippen LogP contribution is -2.25. The fraction of sp³-hybridized carbons (Fsp3) is 0.625. The van der Waals surface area contributed by atoms with Gasteiger partial charge in [-0.1, -0.05) is 40.9 Å². The van der Waals surface area contributed by atoms with Gasteiger partial charge in [0, 0.05) is 24.1 Å². The van der Waals surface area contributed by atoms with E-state index in [9.17, 15) is 0 Å². The lowest BCUT2D eigenvalue weighted by Gasteiger charge is -2.26. The minimum absolute atomic E-state index is 0.667. The summed E-state index contributed by atoms with van der Waals surface area (Å²) < 4.78 is 0. The van der Waals surface area contributed by atoms with Crippen molar-refractivity contribution >= 4 is 21.6 Å². The van der Waals surface area contributed by atoms with Gasteiger partial charge in [-0.25, -0.2) is 0 Å². The molecule has 3 rings (SSSR count). The van der Waals surface area contributed by atoms with Gasteiger partial charge < -0.3 is 4.90 Å². The molecular formula is C16H22BrN. The van der Waals surface area contributed by atoms with Gasteiger partial charge >= 0.3 is 0 Å². The van der Waals surface area contributed by atoms with Crippen LogP contribution in [-0.4, -0.2) is 13.1 Å². The monoisotopic (exact) mass is 307 g/mol. The maximum Gasteiger partial charge on any atom is 0.0396 e. The minimum atomic E-state index is 0.667. The van der Waals surface area contributed by atoms with Crippen LogP contribution in [0.25, 0.3) is 0 Å².